The van der Waals surface area contributed by atoms with Crippen molar-refractivity contribution >= 4 is 5.69 Å². The highest BCUT2D eigenvalue weighted by Crippen LogP contribution is 2.26. The number of hydrogen-bond acceptors (Lipinski definition) is 4. The molecule has 0 saturated carbocycles. The van der Waals surface area contributed by atoms with Crippen molar-refractivity contribution < 1.29 is 0 Å². The summed E-state index contributed by atoms with van der Waals surface area (Å²) in [4.78, 5) is 10.6. The maximum atomic E-state index is 5.85. The smallest absolute Gasteiger partial charge is 0.115 e. The lowest BCUT2D eigenvalue weighted by Crippen LogP contribution is -2.40. The molecule has 2 rings (SSSR count). The van der Waals surface area contributed by atoms with Gasteiger partial charge in [0, 0.05) is 12.6 Å². The van der Waals surface area contributed by atoms with E-state index >= 15 is 0 Å². The Morgan fingerprint density at radius 1 is 1.38 bits per heavy atom. The number of anilines is 1. The fourth-order valence-corrected chi connectivity index (χ4v) is 2.51. The Balaban J connectivity index is 2.18. The van der Waals surface area contributed by atoms with E-state index < -0.39 is 0 Å². The molecular weight excluding hydrogens is 200 g/mol. The van der Waals surface area contributed by atoms with Gasteiger partial charge in [-0.05, 0) is 32.2 Å². The summed E-state index contributed by atoms with van der Waals surface area (Å²) >= 11 is 0. The van der Waals surface area contributed by atoms with Gasteiger partial charge >= 0.3 is 0 Å². The van der Waals surface area contributed by atoms with E-state index in [-0.39, 0.29) is 0 Å². The Morgan fingerprint density at radius 3 is 2.81 bits per heavy atom. The molecule has 2 heterocycles. The summed E-state index contributed by atoms with van der Waals surface area (Å²) in [6.45, 7) is 4.12. The van der Waals surface area contributed by atoms with Crippen molar-refractivity contribution in [3.05, 3.63) is 18.7 Å². The SMILES string of the molecule is C[C@@H]1[C@@H](CN)CCCCN1c1cncnc1. The van der Waals surface area contributed by atoms with Crippen LogP contribution in [0.3, 0.4) is 0 Å². The van der Waals surface area contributed by atoms with Crippen molar-refractivity contribution in [2.45, 2.75) is 32.2 Å². The molecule has 1 aromatic rings. The Kier molecular flexibility index (Phi) is 3.72. The van der Waals surface area contributed by atoms with Crippen molar-refractivity contribution in [1.82, 2.24) is 9.97 Å². The second-order valence-corrected chi connectivity index (χ2v) is 4.52. The predicted octanol–water partition coefficient (Wildman–Crippen LogP) is 1.43. The topological polar surface area (TPSA) is 55.0 Å². The van der Waals surface area contributed by atoms with Gasteiger partial charge in [0.15, 0.2) is 0 Å². The minimum absolute atomic E-state index is 0.485. The molecule has 0 radical (unpaired) electrons. The maximum absolute atomic E-state index is 5.85. The van der Waals surface area contributed by atoms with Gasteiger partial charge in [-0.25, -0.2) is 9.97 Å². The van der Waals surface area contributed by atoms with Gasteiger partial charge in [0.2, 0.25) is 0 Å². The van der Waals surface area contributed by atoms with E-state index in [4.69, 9.17) is 5.73 Å². The van der Waals surface area contributed by atoms with Crippen LogP contribution in [0.5, 0.6) is 0 Å². The molecule has 1 aliphatic rings. The van der Waals surface area contributed by atoms with Crippen molar-refractivity contribution in [3.8, 4) is 0 Å². The highest BCUT2D eigenvalue weighted by Gasteiger charge is 2.25. The lowest BCUT2D eigenvalue weighted by molar-refractivity contribution is 0.423. The van der Waals surface area contributed by atoms with Crippen molar-refractivity contribution in [2.75, 3.05) is 18.0 Å². The Hall–Kier alpha value is -1.16. The van der Waals surface area contributed by atoms with Crippen molar-refractivity contribution in [3.63, 3.8) is 0 Å². The quantitative estimate of drug-likeness (QED) is 0.819. The lowest BCUT2D eigenvalue weighted by Gasteiger charge is -2.33. The molecule has 0 aliphatic carbocycles. The van der Waals surface area contributed by atoms with Gasteiger partial charge in [0.1, 0.15) is 6.33 Å². The first kappa shape index (κ1) is 11.3. The largest absolute Gasteiger partial charge is 0.366 e. The van der Waals surface area contributed by atoms with Gasteiger partial charge in [0.25, 0.3) is 0 Å². The summed E-state index contributed by atoms with van der Waals surface area (Å²) in [5.74, 6) is 0.586. The number of rotatable bonds is 2. The van der Waals surface area contributed by atoms with Crippen LogP contribution in [0, 0.1) is 5.92 Å². The van der Waals surface area contributed by atoms with Crippen LogP contribution < -0.4 is 10.6 Å². The van der Waals surface area contributed by atoms with Crippen LogP contribution in [-0.2, 0) is 0 Å². The minimum atomic E-state index is 0.485. The Labute approximate surface area is 96.9 Å². The third-order valence-electron chi connectivity index (χ3n) is 3.58. The zero-order chi connectivity index (χ0) is 11.4. The van der Waals surface area contributed by atoms with E-state index in [1.54, 1.807) is 6.33 Å². The van der Waals surface area contributed by atoms with Gasteiger partial charge in [0.05, 0.1) is 18.1 Å². The van der Waals surface area contributed by atoms with E-state index in [0.717, 1.165) is 18.8 Å². The monoisotopic (exact) mass is 220 g/mol. The molecule has 0 amide bonds. The average Bonchev–Trinajstić information content (AvgIpc) is 2.52. The highest BCUT2D eigenvalue weighted by atomic mass is 15.2. The van der Waals surface area contributed by atoms with Gasteiger partial charge < -0.3 is 10.6 Å². The van der Waals surface area contributed by atoms with E-state index in [1.807, 2.05) is 12.4 Å². The van der Waals surface area contributed by atoms with Crippen LogP contribution in [0.1, 0.15) is 26.2 Å². The fraction of sp³-hybridized carbons (Fsp3) is 0.667. The molecule has 0 unspecified atom stereocenters. The molecule has 16 heavy (non-hydrogen) atoms. The van der Waals surface area contributed by atoms with Crippen LogP contribution in [0.4, 0.5) is 5.69 Å². The Morgan fingerprint density at radius 2 is 2.12 bits per heavy atom. The van der Waals surface area contributed by atoms with Crippen LogP contribution in [0.2, 0.25) is 0 Å². The van der Waals surface area contributed by atoms with Crippen LogP contribution in [-0.4, -0.2) is 29.1 Å². The van der Waals surface area contributed by atoms with Gasteiger partial charge in [-0.3, -0.25) is 0 Å². The van der Waals surface area contributed by atoms with Crippen LogP contribution in [0.25, 0.3) is 0 Å². The second kappa shape index (κ2) is 5.25. The minimum Gasteiger partial charge on any atom is -0.366 e. The molecule has 1 aromatic heterocycles. The zero-order valence-corrected chi connectivity index (χ0v) is 9.84. The molecule has 4 heteroatoms. The molecule has 0 spiro atoms. The predicted molar refractivity (Wildman–Crippen MR) is 65.2 cm³/mol. The molecule has 1 saturated heterocycles. The van der Waals surface area contributed by atoms with Crippen LogP contribution in [0.15, 0.2) is 18.7 Å². The number of nitrogens with zero attached hydrogens (tertiary/aromatic N) is 3. The maximum Gasteiger partial charge on any atom is 0.115 e. The molecule has 0 aromatic carbocycles. The first-order valence-corrected chi connectivity index (χ1v) is 6.04. The first-order chi connectivity index (χ1) is 7.83. The molecule has 1 aliphatic heterocycles. The van der Waals surface area contributed by atoms with E-state index in [2.05, 4.69) is 21.8 Å². The van der Waals surface area contributed by atoms with Crippen molar-refractivity contribution in [1.29, 1.82) is 0 Å². The molecule has 2 atom stereocenters. The van der Waals surface area contributed by atoms with Crippen LogP contribution >= 0.6 is 0 Å². The van der Waals surface area contributed by atoms with Crippen molar-refractivity contribution in [2.24, 2.45) is 11.7 Å². The summed E-state index contributed by atoms with van der Waals surface area (Å²) in [5.41, 5.74) is 6.97. The average molecular weight is 220 g/mol. The molecule has 88 valence electrons. The fourth-order valence-electron chi connectivity index (χ4n) is 2.51. The molecule has 0 bridgehead atoms. The van der Waals surface area contributed by atoms with Gasteiger partial charge in [-0.1, -0.05) is 6.42 Å². The normalized spacial score (nSPS) is 26.5. The molecule has 4 nitrogen and oxygen atoms in total. The number of hydrogen-bond donors (Lipinski definition) is 1. The Bertz CT molecular complexity index is 314. The number of aromatic nitrogens is 2. The zero-order valence-electron chi connectivity index (χ0n) is 9.84. The first-order valence-electron chi connectivity index (χ1n) is 6.04. The summed E-state index contributed by atoms with van der Waals surface area (Å²) < 4.78 is 0. The standard InChI is InChI=1S/C12H20N4/c1-10-11(6-13)4-2-3-5-16(10)12-7-14-9-15-8-12/h7-11H,2-6,13H2,1H3/t10-,11-/m1/s1. The summed E-state index contributed by atoms with van der Waals surface area (Å²) in [5, 5.41) is 0. The summed E-state index contributed by atoms with van der Waals surface area (Å²) in [6, 6.07) is 0.485. The highest BCUT2D eigenvalue weighted by molar-refractivity contribution is 5.43. The molecule has 2 N–H and O–H groups in total. The summed E-state index contributed by atoms with van der Waals surface area (Å²) in [6.07, 6.45) is 9.10. The molecular formula is C12H20N4. The van der Waals surface area contributed by atoms with E-state index in [1.165, 1.54) is 19.3 Å². The van der Waals surface area contributed by atoms with E-state index in [9.17, 15) is 0 Å². The van der Waals surface area contributed by atoms with Gasteiger partial charge in [-0.15, -0.1) is 0 Å². The van der Waals surface area contributed by atoms with E-state index in [0.29, 0.717) is 12.0 Å². The summed E-state index contributed by atoms with van der Waals surface area (Å²) in [7, 11) is 0. The lowest BCUT2D eigenvalue weighted by atomic mass is 9.96. The van der Waals surface area contributed by atoms with Gasteiger partial charge in [-0.2, -0.15) is 0 Å². The number of nitrogens with two attached hydrogens (primary N) is 1. The third-order valence-corrected chi connectivity index (χ3v) is 3.58. The second-order valence-electron chi connectivity index (χ2n) is 4.52. The molecule has 1 fully saturated rings. The third kappa shape index (κ3) is 2.32.